The van der Waals surface area contributed by atoms with Crippen LogP contribution in [0.25, 0.3) is 31.8 Å². The van der Waals surface area contributed by atoms with Gasteiger partial charge in [-0.3, -0.25) is 4.98 Å². The Morgan fingerprint density at radius 1 is 1.07 bits per heavy atom. The summed E-state index contributed by atoms with van der Waals surface area (Å²) in [5, 5.41) is 1.61. The number of rotatable bonds is 4. The molecule has 0 saturated carbocycles. The zero-order valence-electron chi connectivity index (χ0n) is 14.8. The number of thiazole rings is 1. The zero-order chi connectivity index (χ0) is 19.1. The van der Waals surface area contributed by atoms with E-state index in [-0.39, 0.29) is 0 Å². The Labute approximate surface area is 169 Å². The summed E-state index contributed by atoms with van der Waals surface area (Å²) in [6.07, 6.45) is 1.73. The number of aromatic nitrogens is 3. The fourth-order valence-electron chi connectivity index (χ4n) is 2.97. The molecule has 27 heavy (non-hydrogen) atoms. The van der Waals surface area contributed by atoms with Crippen molar-refractivity contribution in [3.05, 3.63) is 45.7 Å². The van der Waals surface area contributed by atoms with E-state index in [0.29, 0.717) is 27.9 Å². The Morgan fingerprint density at radius 3 is 2.63 bits per heavy atom. The van der Waals surface area contributed by atoms with Crippen molar-refractivity contribution in [1.29, 1.82) is 0 Å². The molecular weight excluding hydrogens is 405 g/mol. The number of methoxy groups -OCH3 is 2. The lowest BCUT2D eigenvalue weighted by molar-refractivity contribution is 0.181. The summed E-state index contributed by atoms with van der Waals surface area (Å²) in [5.74, 6) is 0.479. The minimum absolute atomic E-state index is 0.363. The van der Waals surface area contributed by atoms with E-state index in [1.807, 2.05) is 19.1 Å². The van der Waals surface area contributed by atoms with Crippen molar-refractivity contribution in [2.45, 2.75) is 13.5 Å². The molecule has 4 aromatic rings. The Kier molecular flexibility index (Phi) is 4.90. The average Bonchev–Trinajstić information content (AvgIpc) is 3.05. The van der Waals surface area contributed by atoms with Crippen LogP contribution in [-0.4, -0.2) is 29.2 Å². The van der Waals surface area contributed by atoms with Gasteiger partial charge in [0, 0.05) is 12.7 Å². The number of benzene rings is 2. The largest absolute Gasteiger partial charge is 0.493 e. The van der Waals surface area contributed by atoms with Crippen LogP contribution in [0.3, 0.4) is 0 Å². The van der Waals surface area contributed by atoms with E-state index in [4.69, 9.17) is 37.7 Å². The maximum atomic E-state index is 6.27. The molecule has 0 saturated heterocycles. The van der Waals surface area contributed by atoms with Crippen molar-refractivity contribution >= 4 is 55.8 Å². The van der Waals surface area contributed by atoms with E-state index < -0.39 is 0 Å². The maximum Gasteiger partial charge on any atom is 0.166 e. The average molecular weight is 420 g/mol. The number of ether oxygens (including phenoxy) is 2. The second kappa shape index (κ2) is 7.20. The van der Waals surface area contributed by atoms with Crippen LogP contribution in [0.4, 0.5) is 0 Å². The molecule has 0 radical (unpaired) electrons. The van der Waals surface area contributed by atoms with Crippen LogP contribution in [0.2, 0.25) is 10.0 Å². The summed E-state index contributed by atoms with van der Waals surface area (Å²) < 4.78 is 11.5. The smallest absolute Gasteiger partial charge is 0.166 e. The molecule has 0 bridgehead atoms. The molecule has 0 unspecified atom stereocenters. The van der Waals surface area contributed by atoms with Crippen LogP contribution in [0, 0.1) is 6.92 Å². The molecular formula is C19H15Cl2N3O2S. The predicted octanol–water partition coefficient (Wildman–Crippen LogP) is 5.68. The first kappa shape index (κ1) is 18.4. The second-order valence-electron chi connectivity index (χ2n) is 6.05. The van der Waals surface area contributed by atoms with Gasteiger partial charge in [0.15, 0.2) is 5.75 Å². The van der Waals surface area contributed by atoms with Crippen LogP contribution >= 0.6 is 34.5 Å². The number of halogens is 2. The van der Waals surface area contributed by atoms with E-state index in [9.17, 15) is 0 Å². The molecule has 8 heteroatoms. The molecule has 2 aromatic heterocycles. The van der Waals surface area contributed by atoms with E-state index in [0.717, 1.165) is 37.6 Å². The van der Waals surface area contributed by atoms with Crippen molar-refractivity contribution in [2.75, 3.05) is 14.2 Å². The first-order valence-electron chi connectivity index (χ1n) is 8.10. The SMILES string of the molecule is COCc1cnc2c(-c3nc4c(OC)c(Cl)c(Cl)cc4s3)cc(C)cc2n1. The van der Waals surface area contributed by atoms with Gasteiger partial charge in [-0.2, -0.15) is 0 Å². The fraction of sp³-hybridized carbons (Fsp3) is 0.211. The summed E-state index contributed by atoms with van der Waals surface area (Å²) in [7, 11) is 3.19. The molecule has 0 amide bonds. The van der Waals surface area contributed by atoms with Gasteiger partial charge in [-0.05, 0) is 30.7 Å². The lowest BCUT2D eigenvalue weighted by Gasteiger charge is -2.07. The normalized spacial score (nSPS) is 11.4. The zero-order valence-corrected chi connectivity index (χ0v) is 17.2. The fourth-order valence-corrected chi connectivity index (χ4v) is 4.47. The van der Waals surface area contributed by atoms with Crippen LogP contribution < -0.4 is 4.74 Å². The van der Waals surface area contributed by atoms with E-state index in [2.05, 4.69) is 16.0 Å². The van der Waals surface area contributed by atoms with Gasteiger partial charge in [-0.1, -0.05) is 23.2 Å². The Morgan fingerprint density at radius 2 is 1.89 bits per heavy atom. The molecule has 2 heterocycles. The van der Waals surface area contributed by atoms with Gasteiger partial charge in [0.2, 0.25) is 0 Å². The molecule has 0 aliphatic heterocycles. The van der Waals surface area contributed by atoms with Crippen molar-refractivity contribution in [1.82, 2.24) is 15.0 Å². The highest BCUT2D eigenvalue weighted by Gasteiger charge is 2.18. The quantitative estimate of drug-likeness (QED) is 0.425. The van der Waals surface area contributed by atoms with Crippen LogP contribution in [-0.2, 0) is 11.3 Å². The van der Waals surface area contributed by atoms with E-state index >= 15 is 0 Å². The first-order valence-corrected chi connectivity index (χ1v) is 9.67. The highest BCUT2D eigenvalue weighted by atomic mass is 35.5. The van der Waals surface area contributed by atoms with Gasteiger partial charge >= 0.3 is 0 Å². The third-order valence-corrected chi connectivity index (χ3v) is 5.91. The van der Waals surface area contributed by atoms with Crippen molar-refractivity contribution < 1.29 is 9.47 Å². The molecule has 0 aliphatic rings. The summed E-state index contributed by atoms with van der Waals surface area (Å²) in [6, 6.07) is 5.87. The number of fused-ring (bicyclic) bond motifs is 2. The summed E-state index contributed by atoms with van der Waals surface area (Å²) >= 11 is 14.0. The second-order valence-corrected chi connectivity index (χ2v) is 7.86. The molecule has 0 N–H and O–H groups in total. The monoisotopic (exact) mass is 419 g/mol. The van der Waals surface area contributed by atoms with E-state index in [1.165, 1.54) is 11.3 Å². The van der Waals surface area contributed by atoms with Gasteiger partial charge < -0.3 is 9.47 Å². The molecule has 5 nitrogen and oxygen atoms in total. The highest BCUT2D eigenvalue weighted by molar-refractivity contribution is 7.21. The Bertz CT molecular complexity index is 1180. The number of hydrogen-bond acceptors (Lipinski definition) is 6. The topological polar surface area (TPSA) is 57.1 Å². The van der Waals surface area contributed by atoms with Crippen LogP contribution in [0.5, 0.6) is 5.75 Å². The van der Waals surface area contributed by atoms with Crippen molar-refractivity contribution in [3.63, 3.8) is 0 Å². The third-order valence-electron chi connectivity index (χ3n) is 4.10. The number of nitrogens with zero attached hydrogens (tertiary/aromatic N) is 3. The standard InChI is InChI=1S/C19H15Cl2N3O2S/c1-9-4-11(16-13(5-9)23-10(7-22-16)8-25-2)19-24-17-14(27-19)6-12(20)15(21)18(17)26-3/h4-7H,8H2,1-3H3. The Hall–Kier alpha value is -1.99. The molecule has 0 spiro atoms. The minimum Gasteiger partial charge on any atom is -0.493 e. The number of hydrogen-bond donors (Lipinski definition) is 0. The van der Waals surface area contributed by atoms with Gasteiger partial charge in [0.1, 0.15) is 15.5 Å². The van der Waals surface area contributed by atoms with Gasteiger partial charge in [-0.15, -0.1) is 11.3 Å². The van der Waals surface area contributed by atoms with Crippen LogP contribution in [0.15, 0.2) is 24.4 Å². The molecule has 0 aliphatic carbocycles. The van der Waals surface area contributed by atoms with Crippen molar-refractivity contribution in [2.24, 2.45) is 0 Å². The lowest BCUT2D eigenvalue weighted by atomic mass is 10.1. The van der Waals surface area contributed by atoms with Gasteiger partial charge in [0.05, 0.1) is 46.4 Å². The van der Waals surface area contributed by atoms with Gasteiger partial charge in [-0.25, -0.2) is 9.97 Å². The molecule has 138 valence electrons. The third kappa shape index (κ3) is 3.23. The maximum absolute atomic E-state index is 6.27. The first-order chi connectivity index (χ1) is 13.0. The van der Waals surface area contributed by atoms with Crippen LogP contribution in [0.1, 0.15) is 11.3 Å². The molecule has 4 rings (SSSR count). The minimum atomic E-state index is 0.363. The summed E-state index contributed by atoms with van der Waals surface area (Å²) in [6.45, 7) is 2.44. The Balaban J connectivity index is 1.96. The lowest BCUT2D eigenvalue weighted by Crippen LogP contribution is -1.96. The molecule has 0 fully saturated rings. The van der Waals surface area contributed by atoms with Gasteiger partial charge in [0.25, 0.3) is 0 Å². The predicted molar refractivity (Wildman–Crippen MR) is 110 cm³/mol. The highest BCUT2D eigenvalue weighted by Crippen LogP contribution is 2.43. The molecule has 0 atom stereocenters. The van der Waals surface area contributed by atoms with Crippen molar-refractivity contribution in [3.8, 4) is 16.3 Å². The number of aryl methyl sites for hydroxylation is 1. The summed E-state index contributed by atoms with van der Waals surface area (Å²) in [5.41, 5.74) is 5.05. The summed E-state index contributed by atoms with van der Waals surface area (Å²) in [4.78, 5) is 14.0. The molecule has 2 aromatic carbocycles. The van der Waals surface area contributed by atoms with E-state index in [1.54, 1.807) is 20.4 Å².